The van der Waals surface area contributed by atoms with Crippen molar-refractivity contribution in [3.63, 3.8) is 0 Å². The molecule has 0 spiro atoms. The molecule has 6 heteroatoms. The van der Waals surface area contributed by atoms with E-state index in [2.05, 4.69) is 0 Å². The number of rotatable bonds is 8. The van der Waals surface area contributed by atoms with E-state index in [9.17, 15) is 9.90 Å². The lowest BCUT2D eigenvalue weighted by Crippen LogP contribution is -2.25. The molecule has 0 aliphatic carbocycles. The molecular weight excluding hydrogens is 360 g/mol. The van der Waals surface area contributed by atoms with Gasteiger partial charge in [0.15, 0.2) is 11.5 Å². The third-order valence-electron chi connectivity index (χ3n) is 4.61. The third kappa shape index (κ3) is 3.92. The van der Waals surface area contributed by atoms with Crippen molar-refractivity contribution in [3.05, 3.63) is 41.5 Å². The number of hydrogen-bond acceptors (Lipinski definition) is 6. The van der Waals surface area contributed by atoms with Gasteiger partial charge in [-0.3, -0.25) is 0 Å². The summed E-state index contributed by atoms with van der Waals surface area (Å²) in [5, 5.41) is 9.57. The van der Waals surface area contributed by atoms with Crippen molar-refractivity contribution in [1.29, 1.82) is 0 Å². The number of carbonyl (C=O) groups is 1. The van der Waals surface area contributed by atoms with E-state index in [0.29, 0.717) is 36.0 Å². The minimum absolute atomic E-state index is 0.00586. The van der Waals surface area contributed by atoms with E-state index in [1.807, 2.05) is 45.0 Å². The van der Waals surface area contributed by atoms with Gasteiger partial charge in [-0.2, -0.15) is 0 Å². The molecule has 0 saturated heterocycles. The maximum Gasteiger partial charge on any atom is 0.338 e. The van der Waals surface area contributed by atoms with Gasteiger partial charge in [-0.25, -0.2) is 4.79 Å². The van der Waals surface area contributed by atoms with Crippen LogP contribution in [0.15, 0.2) is 30.3 Å². The first-order chi connectivity index (χ1) is 13.4. The number of cyclic esters (lactones) is 1. The molecule has 2 aromatic carbocycles. The van der Waals surface area contributed by atoms with Crippen LogP contribution in [-0.2, 0) is 11.3 Å². The van der Waals surface area contributed by atoms with Crippen LogP contribution in [0.1, 0.15) is 36.7 Å². The molecule has 0 saturated carbocycles. The van der Waals surface area contributed by atoms with E-state index < -0.39 is 5.41 Å². The molecule has 150 valence electrons. The maximum absolute atomic E-state index is 11.7. The van der Waals surface area contributed by atoms with Gasteiger partial charge in [0.1, 0.15) is 6.61 Å². The zero-order valence-corrected chi connectivity index (χ0v) is 16.7. The summed E-state index contributed by atoms with van der Waals surface area (Å²) in [6, 6.07) is 9.32. The van der Waals surface area contributed by atoms with Gasteiger partial charge in [0.25, 0.3) is 0 Å². The van der Waals surface area contributed by atoms with Gasteiger partial charge in [-0.15, -0.1) is 0 Å². The lowest BCUT2D eigenvalue weighted by Gasteiger charge is -2.25. The molecule has 0 aromatic heterocycles. The summed E-state index contributed by atoms with van der Waals surface area (Å²) < 4.78 is 22.5. The maximum atomic E-state index is 11.7. The minimum Gasteiger partial charge on any atom is -0.490 e. The monoisotopic (exact) mass is 386 g/mol. The van der Waals surface area contributed by atoms with Crippen LogP contribution in [0.5, 0.6) is 17.2 Å². The molecule has 0 atom stereocenters. The van der Waals surface area contributed by atoms with Crippen molar-refractivity contribution in [1.82, 2.24) is 0 Å². The zero-order valence-electron chi connectivity index (χ0n) is 16.7. The highest BCUT2D eigenvalue weighted by atomic mass is 16.5. The van der Waals surface area contributed by atoms with Crippen molar-refractivity contribution in [3.8, 4) is 28.4 Å². The lowest BCUT2D eigenvalue weighted by molar-refractivity contribution is 0.0535. The van der Waals surface area contributed by atoms with Crippen LogP contribution >= 0.6 is 0 Å². The van der Waals surface area contributed by atoms with Crippen LogP contribution < -0.4 is 14.2 Å². The summed E-state index contributed by atoms with van der Waals surface area (Å²) in [5.74, 6) is 1.33. The van der Waals surface area contributed by atoms with Crippen LogP contribution in [0.4, 0.5) is 0 Å². The number of benzene rings is 2. The Hall–Kier alpha value is -2.73. The number of methoxy groups -OCH3 is 1. The predicted octanol–water partition coefficient (Wildman–Crippen LogP) is 3.83. The van der Waals surface area contributed by atoms with Gasteiger partial charge >= 0.3 is 5.97 Å². The van der Waals surface area contributed by atoms with Crippen LogP contribution in [0.2, 0.25) is 0 Å². The topological polar surface area (TPSA) is 74.2 Å². The predicted molar refractivity (Wildman–Crippen MR) is 105 cm³/mol. The van der Waals surface area contributed by atoms with Crippen LogP contribution in [0.3, 0.4) is 0 Å². The Kier molecular flexibility index (Phi) is 5.79. The van der Waals surface area contributed by atoms with Gasteiger partial charge in [0.05, 0.1) is 32.5 Å². The SMILES string of the molecule is CCOc1ccc(-c2ccc3c(c2)COC3=O)c(OCC(C)(C)CO)c1OC. The zero-order chi connectivity index (χ0) is 20.3. The third-order valence-corrected chi connectivity index (χ3v) is 4.61. The van der Waals surface area contributed by atoms with Gasteiger partial charge in [-0.1, -0.05) is 19.9 Å². The molecule has 1 N–H and O–H groups in total. The molecule has 6 nitrogen and oxygen atoms in total. The molecule has 2 aromatic rings. The van der Waals surface area contributed by atoms with Crippen molar-refractivity contribution in [2.45, 2.75) is 27.4 Å². The average Bonchev–Trinajstić information content (AvgIpc) is 3.07. The number of fused-ring (bicyclic) bond motifs is 1. The Morgan fingerprint density at radius 1 is 1.11 bits per heavy atom. The number of aliphatic hydroxyl groups excluding tert-OH is 1. The number of hydrogen-bond donors (Lipinski definition) is 1. The second kappa shape index (κ2) is 8.10. The van der Waals surface area contributed by atoms with Crippen molar-refractivity contribution < 1.29 is 28.8 Å². The fourth-order valence-corrected chi connectivity index (χ4v) is 2.99. The second-order valence-corrected chi connectivity index (χ2v) is 7.47. The lowest BCUT2D eigenvalue weighted by atomic mass is 9.96. The normalized spacial score (nSPS) is 13.1. The van der Waals surface area contributed by atoms with Gasteiger partial charge in [-0.05, 0) is 36.8 Å². The van der Waals surface area contributed by atoms with E-state index in [4.69, 9.17) is 18.9 Å². The first-order valence-corrected chi connectivity index (χ1v) is 9.28. The Balaban J connectivity index is 2.08. The van der Waals surface area contributed by atoms with Crippen molar-refractivity contribution >= 4 is 5.97 Å². The second-order valence-electron chi connectivity index (χ2n) is 7.47. The first-order valence-electron chi connectivity index (χ1n) is 9.28. The van der Waals surface area contributed by atoms with Crippen molar-refractivity contribution in [2.24, 2.45) is 5.41 Å². The summed E-state index contributed by atoms with van der Waals surface area (Å²) in [7, 11) is 1.57. The molecule has 0 amide bonds. The molecule has 1 heterocycles. The summed E-state index contributed by atoms with van der Waals surface area (Å²) in [6.07, 6.45) is 0. The number of aliphatic hydroxyl groups is 1. The van der Waals surface area contributed by atoms with Gasteiger partial charge < -0.3 is 24.1 Å². The number of ether oxygens (including phenoxy) is 4. The highest BCUT2D eigenvalue weighted by Crippen LogP contribution is 2.45. The van der Waals surface area contributed by atoms with Crippen molar-refractivity contribution in [2.75, 3.05) is 26.9 Å². The van der Waals surface area contributed by atoms with Gasteiger partial charge in [0, 0.05) is 16.5 Å². The van der Waals surface area contributed by atoms with Gasteiger partial charge in [0.2, 0.25) is 5.75 Å². The highest BCUT2D eigenvalue weighted by molar-refractivity contribution is 5.94. The Morgan fingerprint density at radius 2 is 1.86 bits per heavy atom. The van der Waals surface area contributed by atoms with E-state index >= 15 is 0 Å². The standard InChI is InChI=1S/C22H26O6/c1-5-26-18-9-8-16(14-6-7-17-15(10-14)11-27-21(17)24)19(20(18)25-4)28-13-22(2,3)12-23/h6-10,23H,5,11-13H2,1-4H3. The summed E-state index contributed by atoms with van der Waals surface area (Å²) in [5.41, 5.74) is 2.72. The minimum atomic E-state index is -0.415. The molecule has 28 heavy (non-hydrogen) atoms. The largest absolute Gasteiger partial charge is 0.490 e. The first kappa shape index (κ1) is 20.0. The average molecular weight is 386 g/mol. The molecule has 3 rings (SSSR count). The molecule has 0 radical (unpaired) electrons. The fourth-order valence-electron chi connectivity index (χ4n) is 2.99. The summed E-state index contributed by atoms with van der Waals surface area (Å²) >= 11 is 0. The highest BCUT2D eigenvalue weighted by Gasteiger charge is 2.25. The molecule has 0 fully saturated rings. The smallest absolute Gasteiger partial charge is 0.338 e. The van der Waals surface area contributed by atoms with E-state index in [0.717, 1.165) is 16.7 Å². The Labute approximate surface area is 165 Å². The number of esters is 1. The number of carbonyl (C=O) groups excluding carboxylic acids is 1. The van der Waals surface area contributed by atoms with Crippen LogP contribution in [0, 0.1) is 5.41 Å². The quantitative estimate of drug-likeness (QED) is 0.695. The van der Waals surface area contributed by atoms with Crippen LogP contribution in [-0.4, -0.2) is 38.0 Å². The Bertz CT molecular complexity index is 872. The van der Waals surface area contributed by atoms with Crippen LogP contribution in [0.25, 0.3) is 11.1 Å². The Morgan fingerprint density at radius 3 is 2.54 bits per heavy atom. The molecule has 0 unspecified atom stereocenters. The molecular formula is C22H26O6. The van der Waals surface area contributed by atoms with E-state index in [-0.39, 0.29) is 19.2 Å². The van der Waals surface area contributed by atoms with E-state index in [1.54, 1.807) is 13.2 Å². The molecule has 1 aliphatic rings. The fraction of sp³-hybridized carbons (Fsp3) is 0.409. The molecule has 1 aliphatic heterocycles. The summed E-state index contributed by atoms with van der Waals surface area (Å²) in [6.45, 7) is 6.80. The van der Waals surface area contributed by atoms with E-state index in [1.165, 1.54) is 0 Å². The summed E-state index contributed by atoms with van der Waals surface area (Å²) in [4.78, 5) is 11.7. The molecule has 0 bridgehead atoms.